The van der Waals surface area contributed by atoms with Crippen molar-refractivity contribution in [2.75, 3.05) is 20.7 Å². The van der Waals surface area contributed by atoms with E-state index < -0.39 is 5.60 Å². The number of benzene rings is 1. The summed E-state index contributed by atoms with van der Waals surface area (Å²) in [7, 11) is 3.17. The lowest BCUT2D eigenvalue weighted by atomic mass is 10.1. The van der Waals surface area contributed by atoms with Crippen LogP contribution in [0.5, 0.6) is 11.5 Å². The number of phenols is 1. The zero-order valence-electron chi connectivity index (χ0n) is 15.1. The van der Waals surface area contributed by atoms with Crippen LogP contribution in [0.4, 0.5) is 4.79 Å². The van der Waals surface area contributed by atoms with Crippen LogP contribution in [0.1, 0.15) is 33.3 Å². The van der Waals surface area contributed by atoms with E-state index in [1.807, 2.05) is 27.7 Å². The van der Waals surface area contributed by atoms with Gasteiger partial charge in [0, 0.05) is 42.8 Å². The van der Waals surface area contributed by atoms with E-state index in [2.05, 4.69) is 5.32 Å². The fraction of sp³-hybridized carbons (Fsp3) is 0.588. The van der Waals surface area contributed by atoms with Gasteiger partial charge in [-0.05, 0) is 33.8 Å². The zero-order chi connectivity index (χ0) is 18.5. The summed E-state index contributed by atoms with van der Waals surface area (Å²) < 4.78 is 10.4. The Morgan fingerprint density at radius 3 is 2.58 bits per heavy atom. The van der Waals surface area contributed by atoms with Crippen molar-refractivity contribution >= 4 is 17.7 Å². The number of nitrogens with zero attached hydrogens (tertiary/aromatic N) is 1. The minimum atomic E-state index is -0.526. The maximum atomic E-state index is 12.0. The highest BCUT2D eigenvalue weighted by Crippen LogP contribution is 2.33. The zero-order valence-corrected chi connectivity index (χ0v) is 15.9. The van der Waals surface area contributed by atoms with E-state index in [1.165, 1.54) is 12.0 Å². The first-order chi connectivity index (χ1) is 11.0. The third-order valence-electron chi connectivity index (χ3n) is 3.44. The number of carbonyl (C=O) groups is 1. The number of phenolic OH excluding ortho intramolecular Hbond substituents is 1. The smallest absolute Gasteiger partial charge is 0.410 e. The van der Waals surface area contributed by atoms with Crippen LogP contribution < -0.4 is 10.1 Å². The quantitative estimate of drug-likeness (QED) is 0.815. The second-order valence-corrected chi connectivity index (χ2v) is 7.12. The molecule has 0 spiro atoms. The van der Waals surface area contributed by atoms with Gasteiger partial charge in [-0.15, -0.1) is 0 Å². The lowest BCUT2D eigenvalue weighted by Gasteiger charge is -2.29. The van der Waals surface area contributed by atoms with Crippen molar-refractivity contribution in [3.63, 3.8) is 0 Å². The largest absolute Gasteiger partial charge is 0.504 e. The highest BCUT2D eigenvalue weighted by Gasteiger charge is 2.22. The third kappa shape index (κ3) is 6.09. The molecule has 1 aromatic rings. The van der Waals surface area contributed by atoms with Gasteiger partial charge in [0.2, 0.25) is 0 Å². The standard InChI is InChI=1S/C17H27ClN2O4/c1-11(20(5)16(22)24-17(2,3)4)9-19-10-12-7-13(18)8-14(23-6)15(12)21/h7-8,11,19,21H,9-10H2,1-6H3. The molecular formula is C17H27ClN2O4. The average Bonchev–Trinajstić information content (AvgIpc) is 2.47. The van der Waals surface area contributed by atoms with Crippen LogP contribution in [0.3, 0.4) is 0 Å². The maximum Gasteiger partial charge on any atom is 0.410 e. The van der Waals surface area contributed by atoms with Crippen molar-refractivity contribution < 1.29 is 19.4 Å². The van der Waals surface area contributed by atoms with Crippen molar-refractivity contribution in [3.8, 4) is 11.5 Å². The van der Waals surface area contributed by atoms with E-state index >= 15 is 0 Å². The van der Waals surface area contributed by atoms with E-state index in [0.29, 0.717) is 29.4 Å². The summed E-state index contributed by atoms with van der Waals surface area (Å²) in [6.45, 7) is 8.33. The predicted molar refractivity (Wildman–Crippen MR) is 94.8 cm³/mol. The molecular weight excluding hydrogens is 332 g/mol. The molecule has 1 amide bonds. The van der Waals surface area contributed by atoms with Crippen LogP contribution in [-0.4, -0.2) is 48.4 Å². The molecule has 24 heavy (non-hydrogen) atoms. The van der Waals surface area contributed by atoms with Crippen LogP contribution in [0, 0.1) is 0 Å². The van der Waals surface area contributed by atoms with Gasteiger partial charge in [0.1, 0.15) is 5.60 Å². The van der Waals surface area contributed by atoms with E-state index in [0.717, 1.165) is 0 Å². The molecule has 6 nitrogen and oxygen atoms in total. The Hall–Kier alpha value is -1.66. The molecule has 7 heteroatoms. The Morgan fingerprint density at radius 1 is 1.42 bits per heavy atom. The number of hydrogen-bond acceptors (Lipinski definition) is 5. The molecule has 1 aromatic carbocycles. The first-order valence-corrected chi connectivity index (χ1v) is 8.15. The lowest BCUT2D eigenvalue weighted by molar-refractivity contribution is 0.0236. The Morgan fingerprint density at radius 2 is 2.04 bits per heavy atom. The molecule has 1 rings (SSSR count). The molecule has 0 aliphatic heterocycles. The SMILES string of the molecule is COc1cc(Cl)cc(CNCC(C)N(C)C(=O)OC(C)(C)C)c1O. The number of likely N-dealkylation sites (N-methyl/N-ethyl adjacent to an activating group) is 1. The molecule has 0 radical (unpaired) electrons. The van der Waals surface area contributed by atoms with Crippen molar-refractivity contribution in [2.24, 2.45) is 0 Å². The predicted octanol–water partition coefficient (Wildman–Crippen LogP) is 3.40. The van der Waals surface area contributed by atoms with Gasteiger partial charge < -0.3 is 24.8 Å². The Kier molecular flexibility index (Phi) is 7.17. The number of halogens is 1. The monoisotopic (exact) mass is 358 g/mol. The Balaban J connectivity index is 2.58. The molecule has 0 aliphatic carbocycles. The number of methoxy groups -OCH3 is 1. The van der Waals surface area contributed by atoms with E-state index in [1.54, 1.807) is 19.2 Å². The van der Waals surface area contributed by atoms with Gasteiger partial charge in [0.25, 0.3) is 0 Å². The van der Waals surface area contributed by atoms with Gasteiger partial charge in [0.05, 0.1) is 7.11 Å². The Labute approximate surface area is 148 Å². The molecule has 0 aromatic heterocycles. The van der Waals surface area contributed by atoms with Gasteiger partial charge in [-0.3, -0.25) is 0 Å². The summed E-state index contributed by atoms with van der Waals surface area (Å²) in [6, 6.07) is 3.15. The highest BCUT2D eigenvalue weighted by atomic mass is 35.5. The first kappa shape index (κ1) is 20.4. The molecule has 0 bridgehead atoms. The normalized spacial score (nSPS) is 12.6. The summed E-state index contributed by atoms with van der Waals surface area (Å²) in [5, 5.41) is 13.8. The van der Waals surface area contributed by atoms with Crippen molar-refractivity contribution in [1.82, 2.24) is 10.2 Å². The van der Waals surface area contributed by atoms with Crippen LogP contribution in [0.25, 0.3) is 0 Å². The van der Waals surface area contributed by atoms with Crippen LogP contribution in [0.2, 0.25) is 5.02 Å². The summed E-state index contributed by atoms with van der Waals surface area (Å²) >= 11 is 6.01. The van der Waals surface area contributed by atoms with Crippen LogP contribution >= 0.6 is 11.6 Å². The van der Waals surface area contributed by atoms with Crippen LogP contribution in [-0.2, 0) is 11.3 Å². The molecule has 136 valence electrons. The number of nitrogens with one attached hydrogen (secondary N) is 1. The summed E-state index contributed by atoms with van der Waals surface area (Å²) in [6.07, 6.45) is -0.371. The molecule has 0 heterocycles. The van der Waals surface area contributed by atoms with Gasteiger partial charge in [0.15, 0.2) is 11.5 Å². The summed E-state index contributed by atoms with van der Waals surface area (Å²) in [5.41, 5.74) is 0.105. The molecule has 1 atom stereocenters. The number of rotatable bonds is 6. The number of amides is 1. The molecule has 0 saturated carbocycles. The number of ether oxygens (including phenoxy) is 2. The molecule has 0 saturated heterocycles. The molecule has 1 unspecified atom stereocenters. The minimum absolute atomic E-state index is 0.0579. The number of hydrogen-bond donors (Lipinski definition) is 2. The molecule has 2 N–H and O–H groups in total. The van der Waals surface area contributed by atoms with E-state index in [4.69, 9.17) is 21.1 Å². The Bertz CT molecular complexity index is 572. The average molecular weight is 359 g/mol. The highest BCUT2D eigenvalue weighted by molar-refractivity contribution is 6.30. The summed E-state index contributed by atoms with van der Waals surface area (Å²) in [5.74, 6) is 0.390. The summed E-state index contributed by atoms with van der Waals surface area (Å²) in [4.78, 5) is 13.6. The second-order valence-electron chi connectivity index (χ2n) is 6.69. The van der Waals surface area contributed by atoms with Crippen molar-refractivity contribution in [3.05, 3.63) is 22.7 Å². The third-order valence-corrected chi connectivity index (χ3v) is 3.65. The van der Waals surface area contributed by atoms with Gasteiger partial charge >= 0.3 is 6.09 Å². The van der Waals surface area contributed by atoms with Gasteiger partial charge in [-0.25, -0.2) is 4.79 Å². The number of aromatic hydroxyl groups is 1. The minimum Gasteiger partial charge on any atom is -0.504 e. The molecule has 0 aliphatic rings. The maximum absolute atomic E-state index is 12.0. The fourth-order valence-electron chi connectivity index (χ4n) is 1.99. The molecule has 0 fully saturated rings. The van der Waals surface area contributed by atoms with E-state index in [9.17, 15) is 9.90 Å². The van der Waals surface area contributed by atoms with Gasteiger partial charge in [-0.2, -0.15) is 0 Å². The number of carbonyl (C=O) groups excluding carboxylic acids is 1. The van der Waals surface area contributed by atoms with Crippen molar-refractivity contribution in [2.45, 2.75) is 45.9 Å². The fourth-order valence-corrected chi connectivity index (χ4v) is 2.22. The van der Waals surface area contributed by atoms with Gasteiger partial charge in [-0.1, -0.05) is 11.6 Å². The topological polar surface area (TPSA) is 71.0 Å². The lowest BCUT2D eigenvalue weighted by Crippen LogP contribution is -2.43. The first-order valence-electron chi connectivity index (χ1n) is 7.77. The second kappa shape index (κ2) is 8.44. The van der Waals surface area contributed by atoms with E-state index in [-0.39, 0.29) is 17.9 Å². The van der Waals surface area contributed by atoms with Crippen molar-refractivity contribution in [1.29, 1.82) is 0 Å². The van der Waals surface area contributed by atoms with Crippen LogP contribution in [0.15, 0.2) is 12.1 Å².